The Morgan fingerprint density at radius 3 is 2.00 bits per heavy atom. The molecule has 1 saturated heterocycles. The number of hydrogen-bond donors (Lipinski definition) is 1. The molecular formula is C8H14N2O3. The molecular weight excluding hydrogens is 172 g/mol. The molecule has 0 saturated carbocycles. The minimum atomic E-state index is -0.899. The number of carbonyl (C=O) groups excluding carboxylic acids is 1. The van der Waals surface area contributed by atoms with Crippen molar-refractivity contribution < 1.29 is 14.7 Å². The zero-order valence-corrected chi connectivity index (χ0v) is 7.69. The summed E-state index contributed by atoms with van der Waals surface area (Å²) in [4.78, 5) is 24.8. The summed E-state index contributed by atoms with van der Waals surface area (Å²) in [6, 6.07) is 0. The van der Waals surface area contributed by atoms with Crippen LogP contribution in [0.4, 0.5) is 4.79 Å². The van der Waals surface area contributed by atoms with Crippen LogP contribution in [0.1, 0.15) is 13.3 Å². The van der Waals surface area contributed by atoms with Gasteiger partial charge in [-0.25, -0.2) is 4.79 Å². The third-order valence-electron chi connectivity index (χ3n) is 2.21. The SMILES string of the molecule is CCC(=O)N1CCN(C(=O)O)CC1. The Labute approximate surface area is 76.9 Å². The average Bonchev–Trinajstić information content (AvgIpc) is 2.17. The number of nitrogens with zero attached hydrogens (tertiary/aromatic N) is 2. The van der Waals surface area contributed by atoms with Crippen LogP contribution in [0.5, 0.6) is 0 Å². The van der Waals surface area contributed by atoms with Crippen LogP contribution in [0.15, 0.2) is 0 Å². The normalized spacial score (nSPS) is 17.3. The van der Waals surface area contributed by atoms with E-state index in [2.05, 4.69) is 0 Å². The van der Waals surface area contributed by atoms with E-state index in [0.29, 0.717) is 32.6 Å². The second kappa shape index (κ2) is 4.11. The molecule has 13 heavy (non-hydrogen) atoms. The van der Waals surface area contributed by atoms with Gasteiger partial charge in [-0.3, -0.25) is 4.79 Å². The van der Waals surface area contributed by atoms with Crippen LogP contribution in [0.2, 0.25) is 0 Å². The number of carboxylic acid groups (broad SMARTS) is 1. The van der Waals surface area contributed by atoms with Gasteiger partial charge in [-0.15, -0.1) is 0 Å². The van der Waals surface area contributed by atoms with Gasteiger partial charge in [0.1, 0.15) is 0 Å². The van der Waals surface area contributed by atoms with Crippen LogP contribution < -0.4 is 0 Å². The van der Waals surface area contributed by atoms with E-state index in [1.807, 2.05) is 6.92 Å². The van der Waals surface area contributed by atoms with Crippen LogP contribution >= 0.6 is 0 Å². The zero-order chi connectivity index (χ0) is 9.84. The second-order valence-corrected chi connectivity index (χ2v) is 3.00. The lowest BCUT2D eigenvalue weighted by molar-refractivity contribution is -0.132. The summed E-state index contributed by atoms with van der Waals surface area (Å²) in [6.07, 6.45) is -0.406. The Balaban J connectivity index is 2.39. The topological polar surface area (TPSA) is 60.9 Å². The fourth-order valence-electron chi connectivity index (χ4n) is 1.37. The summed E-state index contributed by atoms with van der Waals surface area (Å²) in [5, 5.41) is 8.64. The van der Waals surface area contributed by atoms with Gasteiger partial charge in [-0.05, 0) is 0 Å². The molecule has 0 atom stereocenters. The highest BCUT2D eigenvalue weighted by molar-refractivity contribution is 5.76. The zero-order valence-electron chi connectivity index (χ0n) is 7.69. The highest BCUT2D eigenvalue weighted by atomic mass is 16.4. The first-order valence-electron chi connectivity index (χ1n) is 4.40. The Kier molecular flexibility index (Phi) is 3.11. The average molecular weight is 186 g/mol. The molecule has 0 radical (unpaired) electrons. The molecule has 0 aromatic heterocycles. The molecule has 74 valence electrons. The molecule has 2 amide bonds. The summed E-state index contributed by atoms with van der Waals surface area (Å²) in [6.45, 7) is 3.73. The lowest BCUT2D eigenvalue weighted by Crippen LogP contribution is -2.50. The van der Waals surface area contributed by atoms with E-state index in [0.717, 1.165) is 0 Å². The molecule has 0 unspecified atom stereocenters. The van der Waals surface area contributed by atoms with Gasteiger partial charge in [0.25, 0.3) is 0 Å². The summed E-state index contributed by atoms with van der Waals surface area (Å²) < 4.78 is 0. The Bertz CT molecular complexity index is 209. The maximum Gasteiger partial charge on any atom is 0.407 e. The minimum absolute atomic E-state index is 0.102. The number of rotatable bonds is 1. The number of hydrogen-bond acceptors (Lipinski definition) is 2. The smallest absolute Gasteiger partial charge is 0.407 e. The predicted octanol–water partition coefficient (Wildman–Crippen LogP) is 0.219. The molecule has 0 aliphatic carbocycles. The van der Waals surface area contributed by atoms with Crippen molar-refractivity contribution in [3.8, 4) is 0 Å². The highest BCUT2D eigenvalue weighted by Gasteiger charge is 2.22. The van der Waals surface area contributed by atoms with Gasteiger partial charge in [-0.1, -0.05) is 6.92 Å². The van der Waals surface area contributed by atoms with Crippen LogP contribution in [0, 0.1) is 0 Å². The molecule has 0 aromatic carbocycles. The van der Waals surface area contributed by atoms with Crippen molar-refractivity contribution in [3.63, 3.8) is 0 Å². The van der Waals surface area contributed by atoms with Gasteiger partial charge in [0, 0.05) is 32.6 Å². The van der Waals surface area contributed by atoms with Crippen LogP contribution in [0.3, 0.4) is 0 Å². The Hall–Kier alpha value is -1.26. The fraction of sp³-hybridized carbons (Fsp3) is 0.750. The van der Waals surface area contributed by atoms with Gasteiger partial charge in [0.05, 0.1) is 0 Å². The molecule has 1 fully saturated rings. The molecule has 1 aliphatic heterocycles. The number of amides is 2. The Morgan fingerprint density at radius 2 is 1.62 bits per heavy atom. The van der Waals surface area contributed by atoms with Crippen LogP contribution in [-0.4, -0.2) is 53.1 Å². The first-order chi connectivity index (χ1) is 6.15. The number of carbonyl (C=O) groups is 2. The van der Waals surface area contributed by atoms with E-state index in [1.54, 1.807) is 4.90 Å². The van der Waals surface area contributed by atoms with E-state index >= 15 is 0 Å². The van der Waals surface area contributed by atoms with E-state index in [4.69, 9.17) is 5.11 Å². The third kappa shape index (κ3) is 2.34. The highest BCUT2D eigenvalue weighted by Crippen LogP contribution is 2.03. The van der Waals surface area contributed by atoms with Gasteiger partial charge >= 0.3 is 6.09 Å². The van der Waals surface area contributed by atoms with E-state index in [1.165, 1.54) is 4.90 Å². The molecule has 1 rings (SSSR count). The van der Waals surface area contributed by atoms with Crippen molar-refractivity contribution in [3.05, 3.63) is 0 Å². The molecule has 0 spiro atoms. The largest absolute Gasteiger partial charge is 0.465 e. The number of piperazine rings is 1. The van der Waals surface area contributed by atoms with Gasteiger partial charge in [0.15, 0.2) is 0 Å². The molecule has 1 N–H and O–H groups in total. The summed E-state index contributed by atoms with van der Waals surface area (Å²) in [7, 11) is 0. The molecule has 0 aromatic rings. The maximum absolute atomic E-state index is 11.2. The standard InChI is InChI=1S/C8H14N2O3/c1-2-7(11)9-3-5-10(6-4-9)8(12)13/h2-6H2,1H3,(H,12,13). The van der Waals surface area contributed by atoms with Crippen molar-refractivity contribution >= 4 is 12.0 Å². The lowest BCUT2D eigenvalue weighted by Gasteiger charge is -2.32. The van der Waals surface area contributed by atoms with Crippen molar-refractivity contribution in [1.29, 1.82) is 0 Å². The molecule has 0 bridgehead atoms. The van der Waals surface area contributed by atoms with E-state index in [9.17, 15) is 9.59 Å². The first-order valence-corrected chi connectivity index (χ1v) is 4.40. The van der Waals surface area contributed by atoms with Crippen molar-refractivity contribution in [1.82, 2.24) is 9.80 Å². The van der Waals surface area contributed by atoms with Crippen LogP contribution in [-0.2, 0) is 4.79 Å². The lowest BCUT2D eigenvalue weighted by atomic mass is 10.3. The van der Waals surface area contributed by atoms with Crippen molar-refractivity contribution in [2.24, 2.45) is 0 Å². The van der Waals surface area contributed by atoms with E-state index < -0.39 is 6.09 Å². The van der Waals surface area contributed by atoms with Crippen LogP contribution in [0.25, 0.3) is 0 Å². The quantitative estimate of drug-likeness (QED) is 0.637. The monoisotopic (exact) mass is 186 g/mol. The molecule has 1 aliphatic rings. The third-order valence-corrected chi connectivity index (χ3v) is 2.21. The maximum atomic E-state index is 11.2. The fourth-order valence-corrected chi connectivity index (χ4v) is 1.37. The molecule has 5 heteroatoms. The molecule has 5 nitrogen and oxygen atoms in total. The van der Waals surface area contributed by atoms with Crippen molar-refractivity contribution in [2.75, 3.05) is 26.2 Å². The van der Waals surface area contributed by atoms with Gasteiger partial charge in [0.2, 0.25) is 5.91 Å². The predicted molar refractivity (Wildman–Crippen MR) is 46.5 cm³/mol. The Morgan fingerprint density at radius 1 is 1.15 bits per heavy atom. The second-order valence-electron chi connectivity index (χ2n) is 3.00. The van der Waals surface area contributed by atoms with Gasteiger partial charge in [-0.2, -0.15) is 0 Å². The summed E-state index contributed by atoms with van der Waals surface area (Å²) >= 11 is 0. The van der Waals surface area contributed by atoms with E-state index in [-0.39, 0.29) is 5.91 Å². The minimum Gasteiger partial charge on any atom is -0.465 e. The summed E-state index contributed by atoms with van der Waals surface area (Å²) in [5.74, 6) is 0.102. The summed E-state index contributed by atoms with van der Waals surface area (Å²) in [5.41, 5.74) is 0. The molecule has 1 heterocycles. The van der Waals surface area contributed by atoms with Gasteiger partial charge < -0.3 is 14.9 Å². The van der Waals surface area contributed by atoms with Crippen molar-refractivity contribution in [2.45, 2.75) is 13.3 Å². The first kappa shape index (κ1) is 9.83.